The van der Waals surface area contributed by atoms with Crippen LogP contribution in [0.5, 0.6) is 5.75 Å². The van der Waals surface area contributed by atoms with Crippen LogP contribution in [-0.2, 0) is 6.42 Å². The number of methoxy groups -OCH3 is 1. The molecule has 2 aromatic rings. The number of oxazole rings is 1. The van der Waals surface area contributed by atoms with E-state index in [4.69, 9.17) is 14.9 Å². The van der Waals surface area contributed by atoms with E-state index in [1.54, 1.807) is 13.3 Å². The monoisotopic (exact) mass is 246 g/mol. The molecule has 2 N–H and O–H groups in total. The zero-order valence-electron chi connectivity index (χ0n) is 10.8. The maximum Gasteiger partial charge on any atom is 0.194 e. The molecule has 0 aliphatic rings. The van der Waals surface area contributed by atoms with Crippen molar-refractivity contribution in [3.05, 3.63) is 35.9 Å². The largest absolute Gasteiger partial charge is 0.496 e. The Hall–Kier alpha value is -1.81. The molecule has 4 nitrogen and oxygen atoms in total. The highest BCUT2D eigenvalue weighted by molar-refractivity contribution is 5.66. The first kappa shape index (κ1) is 12.6. The Bertz CT molecular complexity index is 520. The van der Waals surface area contributed by atoms with E-state index in [2.05, 4.69) is 4.98 Å². The van der Waals surface area contributed by atoms with Gasteiger partial charge in [-0.1, -0.05) is 11.6 Å². The Labute approximate surface area is 107 Å². The summed E-state index contributed by atoms with van der Waals surface area (Å²) in [5, 5.41) is 0. The van der Waals surface area contributed by atoms with Crippen molar-refractivity contribution < 1.29 is 9.15 Å². The molecule has 1 aromatic heterocycles. The lowest BCUT2D eigenvalue weighted by molar-refractivity contribution is 0.413. The van der Waals surface area contributed by atoms with Gasteiger partial charge in [0.2, 0.25) is 0 Å². The minimum Gasteiger partial charge on any atom is -0.496 e. The second-order valence-electron chi connectivity index (χ2n) is 4.21. The third-order valence-corrected chi connectivity index (χ3v) is 2.77. The molecule has 1 heterocycles. The van der Waals surface area contributed by atoms with E-state index in [1.807, 2.05) is 25.1 Å². The van der Waals surface area contributed by atoms with Crippen LogP contribution in [0, 0.1) is 6.92 Å². The predicted octanol–water partition coefficient (Wildman–Crippen LogP) is 2.55. The Kier molecular flexibility index (Phi) is 3.99. The van der Waals surface area contributed by atoms with Crippen LogP contribution in [0.25, 0.3) is 11.3 Å². The molecule has 4 heteroatoms. The summed E-state index contributed by atoms with van der Waals surface area (Å²) in [7, 11) is 1.65. The summed E-state index contributed by atoms with van der Waals surface area (Å²) < 4.78 is 11.1. The van der Waals surface area contributed by atoms with Gasteiger partial charge in [0.15, 0.2) is 11.7 Å². The minimum atomic E-state index is 0.644. The number of aryl methyl sites for hydroxylation is 2. The number of rotatable bonds is 5. The fourth-order valence-electron chi connectivity index (χ4n) is 1.82. The zero-order chi connectivity index (χ0) is 13.0. The molecule has 0 saturated carbocycles. The van der Waals surface area contributed by atoms with E-state index in [1.165, 1.54) is 0 Å². The molecule has 0 radical (unpaired) electrons. The van der Waals surface area contributed by atoms with Gasteiger partial charge < -0.3 is 14.9 Å². The van der Waals surface area contributed by atoms with Gasteiger partial charge >= 0.3 is 0 Å². The molecule has 0 aliphatic carbocycles. The topological polar surface area (TPSA) is 61.3 Å². The third kappa shape index (κ3) is 2.71. The van der Waals surface area contributed by atoms with E-state index < -0.39 is 0 Å². The Morgan fingerprint density at radius 1 is 1.39 bits per heavy atom. The number of hydrogen-bond acceptors (Lipinski definition) is 4. The van der Waals surface area contributed by atoms with E-state index in [-0.39, 0.29) is 0 Å². The van der Waals surface area contributed by atoms with Crippen molar-refractivity contribution in [2.24, 2.45) is 5.73 Å². The van der Waals surface area contributed by atoms with Crippen molar-refractivity contribution in [1.82, 2.24) is 4.98 Å². The van der Waals surface area contributed by atoms with Gasteiger partial charge in [-0.15, -0.1) is 0 Å². The van der Waals surface area contributed by atoms with Gasteiger partial charge in [-0.05, 0) is 32.0 Å². The highest BCUT2D eigenvalue weighted by atomic mass is 16.5. The Morgan fingerprint density at radius 2 is 2.22 bits per heavy atom. The van der Waals surface area contributed by atoms with Gasteiger partial charge in [0.05, 0.1) is 18.9 Å². The van der Waals surface area contributed by atoms with Gasteiger partial charge in [0.25, 0.3) is 0 Å². The van der Waals surface area contributed by atoms with Crippen LogP contribution in [0.2, 0.25) is 0 Å². The summed E-state index contributed by atoms with van der Waals surface area (Å²) in [6.45, 7) is 2.68. The molecule has 0 atom stereocenters. The fourth-order valence-corrected chi connectivity index (χ4v) is 1.82. The molecule has 96 valence electrons. The second-order valence-corrected chi connectivity index (χ2v) is 4.21. The van der Waals surface area contributed by atoms with Crippen LogP contribution < -0.4 is 10.5 Å². The average Bonchev–Trinajstić information content (AvgIpc) is 2.85. The summed E-state index contributed by atoms with van der Waals surface area (Å²) in [4.78, 5) is 4.26. The molecule has 0 fully saturated rings. The SMILES string of the molecule is COc1ccc(C)cc1-c1cnc(CCCN)o1. The van der Waals surface area contributed by atoms with E-state index in [9.17, 15) is 0 Å². The van der Waals surface area contributed by atoms with Gasteiger partial charge in [-0.25, -0.2) is 4.98 Å². The quantitative estimate of drug-likeness (QED) is 0.880. The van der Waals surface area contributed by atoms with Gasteiger partial charge in [0, 0.05) is 6.42 Å². The molecule has 0 spiro atoms. The molecular weight excluding hydrogens is 228 g/mol. The molecule has 0 bridgehead atoms. The van der Waals surface area contributed by atoms with E-state index >= 15 is 0 Å². The van der Waals surface area contributed by atoms with Crippen LogP contribution >= 0.6 is 0 Å². The van der Waals surface area contributed by atoms with Crippen molar-refractivity contribution in [2.75, 3.05) is 13.7 Å². The van der Waals surface area contributed by atoms with Gasteiger partial charge in [-0.2, -0.15) is 0 Å². The lowest BCUT2D eigenvalue weighted by Gasteiger charge is -2.06. The second kappa shape index (κ2) is 5.69. The van der Waals surface area contributed by atoms with Crippen LogP contribution in [0.3, 0.4) is 0 Å². The van der Waals surface area contributed by atoms with Crippen LogP contribution in [0.4, 0.5) is 0 Å². The fraction of sp³-hybridized carbons (Fsp3) is 0.357. The predicted molar refractivity (Wildman–Crippen MR) is 70.6 cm³/mol. The van der Waals surface area contributed by atoms with Crippen LogP contribution in [0.15, 0.2) is 28.8 Å². The maximum atomic E-state index is 5.72. The number of aromatic nitrogens is 1. The highest BCUT2D eigenvalue weighted by Crippen LogP contribution is 2.31. The molecule has 0 amide bonds. The van der Waals surface area contributed by atoms with Gasteiger partial charge in [-0.3, -0.25) is 0 Å². The Balaban J connectivity index is 2.30. The summed E-state index contributed by atoms with van der Waals surface area (Å²) in [6.07, 6.45) is 3.39. The summed E-state index contributed by atoms with van der Waals surface area (Å²) in [5.41, 5.74) is 7.56. The van der Waals surface area contributed by atoms with E-state index in [0.717, 1.165) is 41.4 Å². The molecule has 2 rings (SSSR count). The first-order valence-electron chi connectivity index (χ1n) is 6.04. The van der Waals surface area contributed by atoms with Crippen molar-refractivity contribution in [1.29, 1.82) is 0 Å². The van der Waals surface area contributed by atoms with Crippen molar-refractivity contribution >= 4 is 0 Å². The lowest BCUT2D eigenvalue weighted by atomic mass is 10.1. The number of ether oxygens (including phenoxy) is 1. The number of hydrogen-bond donors (Lipinski definition) is 1. The smallest absolute Gasteiger partial charge is 0.194 e. The van der Waals surface area contributed by atoms with Crippen LogP contribution in [-0.4, -0.2) is 18.6 Å². The van der Waals surface area contributed by atoms with Gasteiger partial charge in [0.1, 0.15) is 5.75 Å². The normalized spacial score (nSPS) is 10.6. The van der Waals surface area contributed by atoms with Crippen molar-refractivity contribution in [3.63, 3.8) is 0 Å². The number of benzene rings is 1. The van der Waals surface area contributed by atoms with Crippen LogP contribution in [0.1, 0.15) is 17.9 Å². The Morgan fingerprint density at radius 3 is 2.94 bits per heavy atom. The molecule has 0 saturated heterocycles. The summed E-state index contributed by atoms with van der Waals surface area (Å²) in [5.74, 6) is 2.25. The molecule has 0 unspecified atom stereocenters. The first-order chi connectivity index (χ1) is 8.74. The zero-order valence-corrected chi connectivity index (χ0v) is 10.8. The number of nitrogens with zero attached hydrogens (tertiary/aromatic N) is 1. The lowest BCUT2D eigenvalue weighted by Crippen LogP contribution is -2.00. The highest BCUT2D eigenvalue weighted by Gasteiger charge is 2.11. The molecular formula is C14H18N2O2. The standard InChI is InChI=1S/C14H18N2O2/c1-10-5-6-12(17-2)11(8-10)13-9-16-14(18-13)4-3-7-15/h5-6,8-9H,3-4,7,15H2,1-2H3. The van der Waals surface area contributed by atoms with Crippen molar-refractivity contribution in [2.45, 2.75) is 19.8 Å². The molecule has 18 heavy (non-hydrogen) atoms. The third-order valence-electron chi connectivity index (χ3n) is 2.77. The molecule has 1 aromatic carbocycles. The average molecular weight is 246 g/mol. The van der Waals surface area contributed by atoms with E-state index in [0.29, 0.717) is 6.54 Å². The molecule has 0 aliphatic heterocycles. The first-order valence-corrected chi connectivity index (χ1v) is 6.04. The summed E-state index contributed by atoms with van der Waals surface area (Å²) in [6, 6.07) is 5.98. The maximum absolute atomic E-state index is 5.72. The van der Waals surface area contributed by atoms with Crippen molar-refractivity contribution in [3.8, 4) is 17.1 Å². The minimum absolute atomic E-state index is 0.644. The summed E-state index contributed by atoms with van der Waals surface area (Å²) >= 11 is 0. The number of nitrogens with two attached hydrogens (primary N) is 1.